The molecule has 0 aliphatic rings. The van der Waals surface area contributed by atoms with E-state index in [1.54, 1.807) is 13.0 Å². The molecule has 0 aliphatic carbocycles. The van der Waals surface area contributed by atoms with Gasteiger partial charge in [-0.3, -0.25) is 9.78 Å². The maximum atomic E-state index is 11.6. The number of nitrogens with one attached hydrogen (secondary N) is 1. The molecule has 2 heterocycles. The summed E-state index contributed by atoms with van der Waals surface area (Å²) in [7, 11) is 0. The summed E-state index contributed by atoms with van der Waals surface area (Å²) in [6, 6.07) is 2.94. The van der Waals surface area contributed by atoms with E-state index in [-0.39, 0.29) is 24.5 Å². The first-order valence-electron chi connectivity index (χ1n) is 6.09. The maximum absolute atomic E-state index is 11.6. The normalized spacial score (nSPS) is 10.1. The molecule has 0 unspecified atom stereocenters. The van der Waals surface area contributed by atoms with Gasteiger partial charge < -0.3 is 19.7 Å². The summed E-state index contributed by atoms with van der Waals surface area (Å²) in [5, 5.41) is 15.0. The highest BCUT2D eigenvalue weighted by Crippen LogP contribution is 2.12. The van der Waals surface area contributed by atoms with Crippen molar-refractivity contribution in [2.24, 2.45) is 0 Å². The van der Waals surface area contributed by atoms with Crippen LogP contribution in [0.2, 0.25) is 0 Å². The van der Waals surface area contributed by atoms with Crippen LogP contribution in [-0.4, -0.2) is 33.7 Å². The van der Waals surface area contributed by atoms with Gasteiger partial charge in [-0.2, -0.15) is 0 Å². The average molecular weight is 291 g/mol. The molecule has 2 aromatic heterocycles. The van der Waals surface area contributed by atoms with Gasteiger partial charge in [-0.15, -0.1) is 0 Å². The summed E-state index contributed by atoms with van der Waals surface area (Å²) in [6.45, 7) is 1.81. The lowest BCUT2D eigenvalue weighted by molar-refractivity contribution is -0.116. The van der Waals surface area contributed by atoms with E-state index in [1.165, 1.54) is 18.5 Å². The molecule has 2 N–H and O–H groups in total. The highest BCUT2D eigenvalue weighted by molar-refractivity contribution is 5.89. The first kappa shape index (κ1) is 14.5. The van der Waals surface area contributed by atoms with Gasteiger partial charge in [0, 0.05) is 12.3 Å². The van der Waals surface area contributed by atoms with Crippen molar-refractivity contribution in [1.82, 2.24) is 10.1 Å². The molecule has 21 heavy (non-hydrogen) atoms. The Kier molecular flexibility index (Phi) is 4.50. The van der Waals surface area contributed by atoms with E-state index in [0.29, 0.717) is 17.3 Å². The van der Waals surface area contributed by atoms with Crippen molar-refractivity contribution in [2.45, 2.75) is 13.3 Å². The molecule has 110 valence electrons. The average Bonchev–Trinajstić information content (AvgIpc) is 2.84. The van der Waals surface area contributed by atoms with Crippen LogP contribution in [-0.2, 0) is 4.79 Å². The highest BCUT2D eigenvalue weighted by Gasteiger charge is 2.08. The number of hydrogen-bond donors (Lipinski definition) is 2. The van der Waals surface area contributed by atoms with Crippen molar-refractivity contribution < 1.29 is 24.0 Å². The van der Waals surface area contributed by atoms with E-state index in [1.807, 2.05) is 0 Å². The molecule has 0 saturated carbocycles. The number of ether oxygens (including phenoxy) is 1. The Balaban J connectivity index is 1.80. The lowest BCUT2D eigenvalue weighted by atomic mass is 10.3. The number of aryl methyl sites for hydroxylation is 1. The highest BCUT2D eigenvalue weighted by atomic mass is 16.5. The van der Waals surface area contributed by atoms with Crippen molar-refractivity contribution in [3.8, 4) is 5.75 Å². The van der Waals surface area contributed by atoms with Crippen molar-refractivity contribution in [3.63, 3.8) is 0 Å². The molecule has 0 atom stereocenters. The number of aromatic nitrogens is 2. The van der Waals surface area contributed by atoms with Gasteiger partial charge in [0.25, 0.3) is 0 Å². The first-order valence-corrected chi connectivity index (χ1v) is 6.09. The Labute approximate surface area is 119 Å². The van der Waals surface area contributed by atoms with Gasteiger partial charge in [0.15, 0.2) is 5.82 Å². The summed E-state index contributed by atoms with van der Waals surface area (Å²) >= 11 is 0. The third kappa shape index (κ3) is 4.30. The number of carbonyl (C=O) groups is 2. The first-order chi connectivity index (χ1) is 10.0. The van der Waals surface area contributed by atoms with Gasteiger partial charge in [0.05, 0.1) is 24.8 Å². The molecule has 2 rings (SSSR count). The van der Waals surface area contributed by atoms with E-state index in [4.69, 9.17) is 14.4 Å². The predicted octanol–water partition coefficient (Wildman–Crippen LogP) is 1.48. The number of carbonyl (C=O) groups excluding carboxylic acids is 1. The van der Waals surface area contributed by atoms with E-state index >= 15 is 0 Å². The second-order valence-corrected chi connectivity index (χ2v) is 4.18. The number of hydrogen-bond acceptors (Lipinski definition) is 6. The number of pyridine rings is 1. The van der Waals surface area contributed by atoms with Gasteiger partial charge in [0.2, 0.25) is 5.91 Å². The van der Waals surface area contributed by atoms with E-state index in [0.717, 1.165) is 0 Å². The molecule has 0 bridgehead atoms. The molecular formula is C13H13N3O5. The SMILES string of the molecule is Cc1cc(NC(=O)CCOc2cncc(C(=O)O)c2)no1. The standard InChI is InChI=1S/C13H13N3O5/c1-8-4-11(16-21-8)15-12(17)2-3-20-10-5-9(13(18)19)6-14-7-10/h4-7H,2-3H2,1H3,(H,18,19)(H,15,16,17). The maximum Gasteiger partial charge on any atom is 0.337 e. The quantitative estimate of drug-likeness (QED) is 0.828. The number of amides is 1. The zero-order chi connectivity index (χ0) is 15.2. The Hall–Kier alpha value is -2.90. The van der Waals surface area contributed by atoms with Crippen molar-refractivity contribution >= 4 is 17.7 Å². The molecule has 0 fully saturated rings. The van der Waals surface area contributed by atoms with Gasteiger partial charge in [-0.05, 0) is 13.0 Å². The summed E-state index contributed by atoms with van der Waals surface area (Å²) < 4.78 is 10.1. The molecule has 2 aromatic rings. The van der Waals surface area contributed by atoms with Gasteiger partial charge in [0.1, 0.15) is 11.5 Å². The van der Waals surface area contributed by atoms with Crippen LogP contribution in [0.25, 0.3) is 0 Å². The molecule has 0 saturated heterocycles. The fourth-order valence-electron chi connectivity index (χ4n) is 1.51. The van der Waals surface area contributed by atoms with Crippen molar-refractivity contribution in [2.75, 3.05) is 11.9 Å². The van der Waals surface area contributed by atoms with Crippen LogP contribution in [0, 0.1) is 6.92 Å². The number of anilines is 1. The summed E-state index contributed by atoms with van der Waals surface area (Å²) in [4.78, 5) is 26.1. The Bertz CT molecular complexity index is 653. The van der Waals surface area contributed by atoms with Crippen molar-refractivity contribution in [1.29, 1.82) is 0 Å². The Morgan fingerprint density at radius 3 is 2.86 bits per heavy atom. The zero-order valence-corrected chi connectivity index (χ0v) is 11.2. The minimum absolute atomic E-state index is 0.0232. The molecule has 0 aliphatic heterocycles. The summed E-state index contributed by atoms with van der Waals surface area (Å²) in [5.74, 6) is -0.150. The van der Waals surface area contributed by atoms with E-state index in [2.05, 4.69) is 15.5 Å². The van der Waals surface area contributed by atoms with E-state index < -0.39 is 5.97 Å². The van der Waals surface area contributed by atoms with Gasteiger partial charge in [-0.25, -0.2) is 4.79 Å². The summed E-state index contributed by atoms with van der Waals surface area (Å²) in [6.07, 6.45) is 2.68. The van der Waals surface area contributed by atoms with Gasteiger partial charge >= 0.3 is 5.97 Å². The summed E-state index contributed by atoms with van der Waals surface area (Å²) in [5.41, 5.74) is 0.0232. The Morgan fingerprint density at radius 1 is 1.38 bits per heavy atom. The zero-order valence-electron chi connectivity index (χ0n) is 11.2. The topological polar surface area (TPSA) is 115 Å². The van der Waals surface area contributed by atoms with Crippen LogP contribution in [0.4, 0.5) is 5.82 Å². The molecular weight excluding hydrogens is 278 g/mol. The third-order valence-corrected chi connectivity index (χ3v) is 2.45. The minimum Gasteiger partial charge on any atom is -0.491 e. The fraction of sp³-hybridized carbons (Fsp3) is 0.231. The Morgan fingerprint density at radius 2 is 2.19 bits per heavy atom. The van der Waals surface area contributed by atoms with Crippen molar-refractivity contribution in [3.05, 3.63) is 35.9 Å². The van der Waals surface area contributed by atoms with Gasteiger partial charge in [-0.1, -0.05) is 5.16 Å². The fourth-order valence-corrected chi connectivity index (χ4v) is 1.51. The van der Waals surface area contributed by atoms with Crippen LogP contribution in [0.1, 0.15) is 22.5 Å². The lowest BCUT2D eigenvalue weighted by Gasteiger charge is -2.06. The van der Waals surface area contributed by atoms with Crippen LogP contribution >= 0.6 is 0 Å². The molecule has 8 heteroatoms. The number of carboxylic acid groups (broad SMARTS) is 1. The van der Waals surface area contributed by atoms with Crippen LogP contribution in [0.15, 0.2) is 29.0 Å². The molecule has 0 spiro atoms. The molecule has 0 aromatic carbocycles. The minimum atomic E-state index is -1.09. The smallest absolute Gasteiger partial charge is 0.337 e. The van der Waals surface area contributed by atoms with Crippen LogP contribution < -0.4 is 10.1 Å². The van der Waals surface area contributed by atoms with E-state index in [9.17, 15) is 9.59 Å². The second kappa shape index (κ2) is 6.51. The number of aromatic carboxylic acids is 1. The van der Waals surface area contributed by atoms with Crippen LogP contribution in [0.5, 0.6) is 5.75 Å². The number of nitrogens with zero attached hydrogens (tertiary/aromatic N) is 2. The third-order valence-electron chi connectivity index (χ3n) is 2.45. The van der Waals surface area contributed by atoms with Crippen LogP contribution in [0.3, 0.4) is 0 Å². The number of rotatable bonds is 6. The molecule has 0 radical (unpaired) electrons. The second-order valence-electron chi connectivity index (χ2n) is 4.18. The largest absolute Gasteiger partial charge is 0.491 e. The molecule has 1 amide bonds. The number of carboxylic acids is 1. The predicted molar refractivity (Wildman–Crippen MR) is 71.2 cm³/mol. The lowest BCUT2D eigenvalue weighted by Crippen LogP contribution is -2.15. The molecule has 8 nitrogen and oxygen atoms in total. The monoisotopic (exact) mass is 291 g/mol.